The first kappa shape index (κ1) is 59.7. The highest BCUT2D eigenvalue weighted by Gasteiger charge is 2.30. The highest BCUT2D eigenvalue weighted by Crippen LogP contribution is 2.35. The van der Waals surface area contributed by atoms with Crippen molar-refractivity contribution in [3.05, 3.63) is 176 Å². The zero-order valence-corrected chi connectivity index (χ0v) is 50.8. The zero-order chi connectivity index (χ0) is 59.2. The summed E-state index contributed by atoms with van der Waals surface area (Å²) in [5.74, 6) is 0.191. The number of hydrogen-bond acceptors (Lipinski definition) is 15. The van der Waals surface area contributed by atoms with Crippen molar-refractivity contribution >= 4 is 67.6 Å². The lowest BCUT2D eigenvalue weighted by Crippen LogP contribution is -2.27. The van der Waals surface area contributed by atoms with Gasteiger partial charge in [0.25, 0.3) is 0 Å². The molecule has 10 rings (SSSR count). The van der Waals surface area contributed by atoms with Gasteiger partial charge in [-0.15, -0.1) is 0 Å². The van der Waals surface area contributed by atoms with Crippen LogP contribution in [0.3, 0.4) is 0 Å². The van der Waals surface area contributed by atoms with Crippen LogP contribution in [0.25, 0.3) is 0 Å². The minimum absolute atomic E-state index is 0.0102. The van der Waals surface area contributed by atoms with E-state index in [0.29, 0.717) is 71.9 Å². The van der Waals surface area contributed by atoms with Crippen LogP contribution in [0, 0.1) is 41.5 Å². The van der Waals surface area contributed by atoms with Gasteiger partial charge in [-0.1, -0.05) is 91.6 Å². The van der Waals surface area contributed by atoms with Gasteiger partial charge in [0.1, 0.15) is 14.7 Å². The monoisotopic (exact) mass is 1190 g/mol. The summed E-state index contributed by atoms with van der Waals surface area (Å²) in [5.41, 5.74) is 7.72. The van der Waals surface area contributed by atoms with Crippen LogP contribution < -0.4 is 12.5 Å². The summed E-state index contributed by atoms with van der Waals surface area (Å²) in [5, 5.41) is 0. The number of nitrogens with zero attached hydrogens (tertiary/aromatic N) is 6. The molecule has 6 aromatic rings. The highest BCUT2D eigenvalue weighted by atomic mass is 32.2. The van der Waals surface area contributed by atoms with Gasteiger partial charge in [0.2, 0.25) is 0 Å². The van der Waals surface area contributed by atoms with Crippen molar-refractivity contribution in [2.45, 2.75) is 170 Å². The van der Waals surface area contributed by atoms with Gasteiger partial charge in [0.15, 0.2) is 17.2 Å². The summed E-state index contributed by atoms with van der Waals surface area (Å²) >= 11 is 0. The molecule has 6 aromatic carbocycles. The van der Waals surface area contributed by atoms with Gasteiger partial charge in [0.05, 0.1) is 36.3 Å². The Morgan fingerprint density at radius 1 is 0.286 bits per heavy atom. The van der Waals surface area contributed by atoms with E-state index in [0.717, 1.165) is 71.9 Å². The van der Waals surface area contributed by atoms with Crippen molar-refractivity contribution in [3.63, 3.8) is 0 Å². The molecule has 0 spiro atoms. The van der Waals surface area contributed by atoms with Crippen LogP contribution >= 0.6 is 0 Å². The fourth-order valence-electron chi connectivity index (χ4n) is 11.3. The van der Waals surface area contributed by atoms with Gasteiger partial charge in [0, 0.05) is 70.7 Å². The summed E-state index contributed by atoms with van der Waals surface area (Å²) in [6.45, 7) is 11.4. The van der Waals surface area contributed by atoms with Crippen LogP contribution in [0.5, 0.6) is 17.2 Å². The topological polar surface area (TPSA) is 204 Å². The van der Waals surface area contributed by atoms with Gasteiger partial charge in [-0.3, -0.25) is 30.0 Å². The molecule has 0 unspecified atom stereocenters. The molecule has 15 nitrogen and oxygen atoms in total. The van der Waals surface area contributed by atoms with Gasteiger partial charge in [-0.2, -0.15) is 25.3 Å². The molecule has 6 atom stereocenters. The van der Waals surface area contributed by atoms with Gasteiger partial charge in [-0.05, 0) is 170 Å². The number of benzene rings is 6. The predicted molar refractivity (Wildman–Crippen MR) is 334 cm³/mol. The lowest BCUT2D eigenvalue weighted by atomic mass is 9.91. The zero-order valence-electron chi connectivity index (χ0n) is 48.4. The number of rotatable bonds is 9. The van der Waals surface area contributed by atoms with Gasteiger partial charge >= 0.3 is 30.4 Å². The second-order valence-corrected chi connectivity index (χ2v) is 27.4. The van der Waals surface area contributed by atoms with E-state index >= 15 is 0 Å². The van der Waals surface area contributed by atoms with Crippen molar-refractivity contribution in [3.8, 4) is 17.2 Å². The first-order chi connectivity index (χ1) is 40.3. The molecule has 1 aliphatic heterocycles. The maximum Gasteiger partial charge on any atom is 0.339 e. The minimum Gasteiger partial charge on any atom is -0.378 e. The third kappa shape index (κ3) is 14.6. The molecule has 6 bridgehead atoms. The number of aliphatic imine (C=N–C) groups is 6. The smallest absolute Gasteiger partial charge is 0.339 e. The molecule has 84 heavy (non-hydrogen) atoms. The second-order valence-electron chi connectivity index (χ2n) is 22.8. The van der Waals surface area contributed by atoms with E-state index in [1.807, 2.05) is 77.9 Å². The average molecular weight is 1190 g/mol. The first-order valence-corrected chi connectivity index (χ1v) is 33.2. The molecule has 438 valence electrons. The third-order valence-corrected chi connectivity index (χ3v) is 19.6. The van der Waals surface area contributed by atoms with Crippen molar-refractivity contribution in [1.29, 1.82) is 0 Å². The number of fused-ring (bicyclic) bond motifs is 9. The quantitative estimate of drug-likeness (QED) is 0.126. The van der Waals surface area contributed by atoms with E-state index in [4.69, 9.17) is 42.5 Å². The molecule has 18 heteroatoms. The molecule has 0 radical (unpaired) electrons. The normalized spacial score (nSPS) is 21.4. The summed E-state index contributed by atoms with van der Waals surface area (Å²) in [6, 6.07) is 28.5. The standard InChI is InChI=1S/C66H72N6O9S3/c1-43-19-25-55(26-20-43)82(73,74)79-64-49-31-46(4)32-50(64)38-68-59-14-8-10-16-61(59)70-40-52-34-48(6)36-54(66(52)81-84(77,78)57-29-23-45(3)24-30-57)42-72-63-18-12-11-17-62(63)71-41-53-35-47(5)33-51(39-69-60-15-9-7-13-58(60)67-37-49)65(53)80-83(75,76)56-27-21-44(2)22-28-56/h19-42,58-63H,7-18H2,1-6H3/t58-,59-,60-,61-,62-,63-/m1/s1. The highest BCUT2D eigenvalue weighted by molar-refractivity contribution is 7.87. The number of aryl methyl sites for hydroxylation is 6. The van der Waals surface area contributed by atoms with Gasteiger partial charge in [-0.25, -0.2) is 0 Å². The molecular weight excluding hydrogens is 1120 g/mol. The molecule has 0 aromatic heterocycles. The molecule has 1 heterocycles. The maximum absolute atomic E-state index is 14.3. The third-order valence-electron chi connectivity index (χ3n) is 15.9. The van der Waals surface area contributed by atoms with Gasteiger partial charge < -0.3 is 12.5 Å². The van der Waals surface area contributed by atoms with Crippen LogP contribution in [0.1, 0.15) is 144 Å². The van der Waals surface area contributed by atoms with E-state index in [1.165, 1.54) is 36.4 Å². The molecule has 3 aliphatic carbocycles. The van der Waals surface area contributed by atoms with Crippen molar-refractivity contribution < 1.29 is 37.8 Å². The molecular formula is C66H72N6O9S3. The SMILES string of the molecule is Cc1ccc(S(=O)(=O)Oc2c3cc(C)cc2C=N[C@@H]2CCCC[C@H]2N=Cc2cc(C)cc(c2OS(=O)(=O)c2ccc(C)cc2)C=N[C@@H]2CCCC[C@H]2N=Cc2cc(C)cc(c2OS(=O)(=O)c2ccc(C)cc2)C=N[C@@H]2CCCC[C@H]2N=C3)cc1. The molecule has 4 aliphatic rings. The first-order valence-electron chi connectivity index (χ1n) is 28.9. The Morgan fingerprint density at radius 2 is 0.464 bits per heavy atom. The Bertz CT molecular complexity index is 3400. The van der Waals surface area contributed by atoms with E-state index in [-0.39, 0.29) is 68.2 Å². The maximum atomic E-state index is 14.3. The Balaban J connectivity index is 1.14. The molecule has 0 saturated heterocycles. The van der Waals surface area contributed by atoms with Crippen LogP contribution in [-0.4, -0.2) is 98.8 Å². The van der Waals surface area contributed by atoms with E-state index in [2.05, 4.69) is 0 Å². The molecule has 0 amide bonds. The summed E-state index contributed by atoms with van der Waals surface area (Å²) < 4.78 is 104. The molecule has 3 saturated carbocycles. The molecule has 3 fully saturated rings. The minimum atomic E-state index is -4.37. The molecule has 0 N–H and O–H groups in total. The summed E-state index contributed by atoms with van der Waals surface area (Å²) in [7, 11) is -13.1. The lowest BCUT2D eigenvalue weighted by molar-refractivity contribution is 0.390. The fraction of sp³-hybridized carbons (Fsp3) is 0.364. The van der Waals surface area contributed by atoms with E-state index in [1.54, 1.807) is 73.7 Å². The average Bonchev–Trinajstić information content (AvgIpc) is 3.42. The fourth-order valence-corrected chi connectivity index (χ4v) is 14.2. The Labute approximate surface area is 495 Å². The van der Waals surface area contributed by atoms with Crippen molar-refractivity contribution in [2.75, 3.05) is 0 Å². The van der Waals surface area contributed by atoms with E-state index < -0.39 is 30.4 Å². The summed E-state index contributed by atoms with van der Waals surface area (Å²) in [6.07, 6.45) is 19.5. The predicted octanol–water partition coefficient (Wildman–Crippen LogP) is 12.7. The van der Waals surface area contributed by atoms with Crippen molar-refractivity contribution in [1.82, 2.24) is 0 Å². The Morgan fingerprint density at radius 3 is 0.643 bits per heavy atom. The lowest BCUT2D eigenvalue weighted by Gasteiger charge is -2.26. The van der Waals surface area contributed by atoms with Crippen LogP contribution in [0.2, 0.25) is 0 Å². The van der Waals surface area contributed by atoms with Crippen LogP contribution in [0.15, 0.2) is 154 Å². The Kier molecular flexibility index (Phi) is 18.4. The Hall–Kier alpha value is -7.41. The van der Waals surface area contributed by atoms with Crippen LogP contribution in [-0.2, 0) is 30.4 Å². The summed E-state index contributed by atoms with van der Waals surface area (Å²) in [4.78, 5) is 30.9. The van der Waals surface area contributed by atoms with Crippen LogP contribution in [0.4, 0.5) is 0 Å². The van der Waals surface area contributed by atoms with Crippen molar-refractivity contribution in [2.24, 2.45) is 30.0 Å². The largest absolute Gasteiger partial charge is 0.378 e. The number of hydrogen-bond donors (Lipinski definition) is 0. The second kappa shape index (κ2) is 25.8. The van der Waals surface area contributed by atoms with E-state index in [9.17, 15) is 25.3 Å².